The Morgan fingerprint density at radius 2 is 1.73 bits per heavy atom. The first-order valence-electron chi connectivity index (χ1n) is 10.3. The van der Waals surface area contributed by atoms with E-state index in [4.69, 9.17) is 5.73 Å². The number of nitrogens with zero attached hydrogens (tertiary/aromatic N) is 3. The maximum Gasteiger partial charge on any atom is 0.241 e. The van der Waals surface area contributed by atoms with Gasteiger partial charge in [0, 0.05) is 68.9 Å². The SMILES string of the molecule is Nc1cnc(-c2ccc(-c3ccccc3S(=O)(=O)NC3CCC(N(I)I)CC3)cc2F)cn1. The minimum Gasteiger partial charge on any atom is -0.382 e. The van der Waals surface area contributed by atoms with Gasteiger partial charge in [-0.15, -0.1) is 0 Å². The van der Waals surface area contributed by atoms with Gasteiger partial charge in [0.05, 0.1) is 23.0 Å². The Balaban J connectivity index is 1.60. The molecule has 0 unspecified atom stereocenters. The van der Waals surface area contributed by atoms with Crippen molar-refractivity contribution >= 4 is 61.6 Å². The average molecular weight is 693 g/mol. The fraction of sp³-hybridized carbons (Fsp3) is 0.273. The summed E-state index contributed by atoms with van der Waals surface area (Å²) in [4.78, 5) is 8.20. The largest absolute Gasteiger partial charge is 0.382 e. The summed E-state index contributed by atoms with van der Waals surface area (Å²) in [6.45, 7) is 0. The number of anilines is 1. The molecule has 1 heterocycles. The zero-order valence-electron chi connectivity index (χ0n) is 17.5. The van der Waals surface area contributed by atoms with Crippen molar-refractivity contribution in [2.45, 2.75) is 42.7 Å². The number of nitrogens with one attached hydrogen (secondary N) is 1. The molecule has 1 aliphatic rings. The molecule has 4 rings (SSSR count). The predicted octanol–water partition coefficient (Wildman–Crippen LogP) is 5.12. The third kappa shape index (κ3) is 5.81. The number of benzene rings is 2. The molecule has 0 saturated heterocycles. The van der Waals surface area contributed by atoms with E-state index in [0.717, 1.165) is 25.7 Å². The van der Waals surface area contributed by atoms with Gasteiger partial charge in [0.1, 0.15) is 11.6 Å². The molecule has 0 spiro atoms. The highest BCUT2D eigenvalue weighted by atomic mass is 127. The van der Waals surface area contributed by atoms with Crippen molar-refractivity contribution in [2.75, 3.05) is 5.73 Å². The van der Waals surface area contributed by atoms with Gasteiger partial charge in [0.15, 0.2) is 0 Å². The smallest absolute Gasteiger partial charge is 0.241 e. The Labute approximate surface area is 220 Å². The van der Waals surface area contributed by atoms with E-state index in [0.29, 0.717) is 22.9 Å². The molecule has 0 bridgehead atoms. The van der Waals surface area contributed by atoms with Gasteiger partial charge in [-0.25, -0.2) is 22.5 Å². The van der Waals surface area contributed by atoms with E-state index in [-0.39, 0.29) is 22.3 Å². The Bertz CT molecular complexity index is 1230. The van der Waals surface area contributed by atoms with Crippen LogP contribution < -0.4 is 10.5 Å². The number of rotatable bonds is 6. The van der Waals surface area contributed by atoms with Gasteiger partial charge >= 0.3 is 0 Å². The standard InChI is InChI=1S/C22H22FI2N5O2S/c23-19-11-14(5-10-18(19)20-12-28-22(26)13-27-20)17-3-1-2-4-21(17)33(31,32)29-15-6-8-16(9-7-15)30(24)25/h1-5,10-13,15-16,29H,6-9H2,(H2,26,28). The van der Waals surface area contributed by atoms with Gasteiger partial charge in [-0.3, -0.25) is 4.98 Å². The highest BCUT2D eigenvalue weighted by molar-refractivity contribution is 14.2. The van der Waals surface area contributed by atoms with Crippen LogP contribution in [0, 0.1) is 5.82 Å². The quantitative estimate of drug-likeness (QED) is 0.275. The average Bonchev–Trinajstić information content (AvgIpc) is 2.80. The van der Waals surface area contributed by atoms with E-state index in [1.165, 1.54) is 18.5 Å². The number of sulfonamides is 1. The van der Waals surface area contributed by atoms with Crippen LogP contribution >= 0.6 is 45.7 Å². The number of nitrogen functional groups attached to an aromatic ring is 1. The van der Waals surface area contributed by atoms with Crippen LogP contribution in [0.4, 0.5) is 10.2 Å². The summed E-state index contributed by atoms with van der Waals surface area (Å²) in [6, 6.07) is 11.6. The van der Waals surface area contributed by atoms with E-state index in [1.54, 1.807) is 36.4 Å². The normalized spacial score (nSPS) is 19.0. The molecular weight excluding hydrogens is 671 g/mol. The molecule has 33 heavy (non-hydrogen) atoms. The van der Waals surface area contributed by atoms with Gasteiger partial charge in [-0.2, -0.15) is 1.33 Å². The predicted molar refractivity (Wildman–Crippen MR) is 144 cm³/mol. The highest BCUT2D eigenvalue weighted by Crippen LogP contribution is 2.33. The second-order valence-corrected chi connectivity index (χ2v) is 13.5. The molecule has 0 atom stereocenters. The van der Waals surface area contributed by atoms with Crippen molar-refractivity contribution in [2.24, 2.45) is 0 Å². The summed E-state index contributed by atoms with van der Waals surface area (Å²) >= 11 is 4.53. The first-order valence-corrected chi connectivity index (χ1v) is 13.8. The fourth-order valence-electron chi connectivity index (χ4n) is 3.98. The summed E-state index contributed by atoms with van der Waals surface area (Å²) in [5.41, 5.74) is 7.08. The second kappa shape index (κ2) is 10.5. The van der Waals surface area contributed by atoms with Gasteiger partial charge in [-0.05, 0) is 49.4 Å². The first kappa shape index (κ1) is 24.7. The molecule has 3 aromatic rings. The second-order valence-electron chi connectivity index (χ2n) is 7.90. The summed E-state index contributed by atoms with van der Waals surface area (Å²) in [5.74, 6) is -0.274. The van der Waals surface area contributed by atoms with Crippen molar-refractivity contribution in [3.8, 4) is 22.4 Å². The minimum absolute atomic E-state index is 0.116. The maximum absolute atomic E-state index is 15.0. The summed E-state index contributed by atoms with van der Waals surface area (Å²) in [5, 5.41) is 0. The molecule has 11 heteroatoms. The van der Waals surface area contributed by atoms with Gasteiger partial charge in [0.25, 0.3) is 0 Å². The van der Waals surface area contributed by atoms with Crippen molar-refractivity contribution in [3.63, 3.8) is 0 Å². The zero-order valence-corrected chi connectivity index (χ0v) is 22.6. The number of aromatic nitrogens is 2. The molecule has 7 nitrogen and oxygen atoms in total. The van der Waals surface area contributed by atoms with Crippen LogP contribution in [0.5, 0.6) is 0 Å². The van der Waals surface area contributed by atoms with Gasteiger partial charge < -0.3 is 5.73 Å². The van der Waals surface area contributed by atoms with E-state index < -0.39 is 15.8 Å². The lowest BCUT2D eigenvalue weighted by Gasteiger charge is -2.30. The number of hydrogen-bond acceptors (Lipinski definition) is 6. The zero-order chi connectivity index (χ0) is 23.6. The van der Waals surface area contributed by atoms with Crippen LogP contribution in [-0.4, -0.2) is 31.8 Å². The molecule has 1 saturated carbocycles. The van der Waals surface area contributed by atoms with Crippen LogP contribution in [0.25, 0.3) is 22.4 Å². The molecule has 0 amide bonds. The summed E-state index contributed by atoms with van der Waals surface area (Å²) in [7, 11) is -3.78. The van der Waals surface area contributed by atoms with E-state index in [2.05, 4.69) is 61.7 Å². The third-order valence-corrected chi connectivity index (χ3v) is 8.85. The Kier molecular flexibility index (Phi) is 7.83. The minimum atomic E-state index is -3.78. The van der Waals surface area contributed by atoms with E-state index in [9.17, 15) is 12.8 Å². The molecule has 1 fully saturated rings. The fourth-order valence-corrected chi connectivity index (χ4v) is 6.63. The van der Waals surface area contributed by atoms with Crippen LogP contribution in [0.15, 0.2) is 59.8 Å². The lowest BCUT2D eigenvalue weighted by molar-refractivity contribution is 0.336. The first-order chi connectivity index (χ1) is 15.7. The number of halogens is 3. The molecular formula is C22H22FI2N5O2S. The molecule has 1 aromatic heterocycles. The molecule has 174 valence electrons. The lowest BCUT2D eigenvalue weighted by atomic mass is 9.93. The Morgan fingerprint density at radius 1 is 1.00 bits per heavy atom. The molecule has 0 aliphatic heterocycles. The number of nitrogens with two attached hydrogens (primary N) is 1. The van der Waals surface area contributed by atoms with Crippen LogP contribution in [0.2, 0.25) is 0 Å². The molecule has 2 aromatic carbocycles. The third-order valence-electron chi connectivity index (χ3n) is 5.70. The molecule has 3 N–H and O–H groups in total. The van der Waals surface area contributed by atoms with Crippen molar-refractivity contribution in [3.05, 3.63) is 60.7 Å². The molecule has 1 aliphatic carbocycles. The Hall–Kier alpha value is -1.42. The summed E-state index contributed by atoms with van der Waals surface area (Å²) < 4.78 is 46.5. The Morgan fingerprint density at radius 3 is 2.36 bits per heavy atom. The monoisotopic (exact) mass is 693 g/mol. The van der Waals surface area contributed by atoms with Crippen LogP contribution in [-0.2, 0) is 10.0 Å². The molecule has 0 radical (unpaired) electrons. The maximum atomic E-state index is 15.0. The van der Waals surface area contributed by atoms with Crippen molar-refractivity contribution in [1.29, 1.82) is 0 Å². The van der Waals surface area contributed by atoms with Gasteiger partial charge in [-0.1, -0.05) is 24.3 Å². The van der Waals surface area contributed by atoms with Crippen molar-refractivity contribution in [1.82, 2.24) is 16.0 Å². The lowest BCUT2D eigenvalue weighted by Crippen LogP contribution is -2.40. The van der Waals surface area contributed by atoms with Crippen LogP contribution in [0.3, 0.4) is 0 Å². The van der Waals surface area contributed by atoms with E-state index >= 15 is 0 Å². The summed E-state index contributed by atoms with van der Waals surface area (Å²) in [6.07, 6.45) is 6.19. The van der Waals surface area contributed by atoms with E-state index in [1.807, 2.05) is 0 Å². The van der Waals surface area contributed by atoms with Gasteiger partial charge in [0.2, 0.25) is 10.0 Å². The van der Waals surface area contributed by atoms with Crippen LogP contribution in [0.1, 0.15) is 25.7 Å². The number of hydrogen-bond donors (Lipinski definition) is 2. The highest BCUT2D eigenvalue weighted by Gasteiger charge is 2.28. The van der Waals surface area contributed by atoms with Crippen molar-refractivity contribution < 1.29 is 12.8 Å². The topological polar surface area (TPSA) is 101 Å².